The van der Waals surface area contributed by atoms with Gasteiger partial charge in [0.15, 0.2) is 6.61 Å². The van der Waals surface area contributed by atoms with Crippen LogP contribution in [-0.2, 0) is 16.1 Å². The summed E-state index contributed by atoms with van der Waals surface area (Å²) in [7, 11) is 0. The van der Waals surface area contributed by atoms with Gasteiger partial charge in [0.2, 0.25) is 0 Å². The molecule has 2 aliphatic rings. The molecule has 0 bridgehead atoms. The number of imide groups is 1. The minimum absolute atomic E-state index is 0.140. The van der Waals surface area contributed by atoms with Gasteiger partial charge in [0.1, 0.15) is 0 Å². The summed E-state index contributed by atoms with van der Waals surface area (Å²) in [6.07, 6.45) is 2.04. The minimum atomic E-state index is -0.692. The quantitative estimate of drug-likeness (QED) is 0.549. The van der Waals surface area contributed by atoms with E-state index in [1.165, 1.54) is 18.2 Å². The topological polar surface area (TPSA) is 84.0 Å². The van der Waals surface area contributed by atoms with E-state index in [4.69, 9.17) is 4.74 Å². The summed E-state index contributed by atoms with van der Waals surface area (Å²) >= 11 is 0. The van der Waals surface area contributed by atoms with E-state index in [9.17, 15) is 19.2 Å². The van der Waals surface area contributed by atoms with Gasteiger partial charge in [-0.2, -0.15) is 0 Å². The molecule has 0 saturated carbocycles. The Balaban J connectivity index is 1.42. The van der Waals surface area contributed by atoms with Gasteiger partial charge >= 0.3 is 5.97 Å². The summed E-state index contributed by atoms with van der Waals surface area (Å²) in [5, 5.41) is 0. The number of nitrogens with zero attached hydrogens (tertiary/aromatic N) is 2. The molecule has 0 aliphatic carbocycles. The number of ether oxygens (including phenoxy) is 1. The maximum absolute atomic E-state index is 12.8. The Hall–Kier alpha value is -3.48. The first kappa shape index (κ1) is 20.8. The number of benzene rings is 2. The van der Waals surface area contributed by atoms with Crippen molar-refractivity contribution in [2.75, 3.05) is 19.7 Å². The highest BCUT2D eigenvalue weighted by Gasteiger charge is 2.36. The molecule has 1 fully saturated rings. The Bertz CT molecular complexity index is 1030. The number of hydrogen-bond donors (Lipinski definition) is 0. The van der Waals surface area contributed by atoms with E-state index in [1.54, 1.807) is 4.90 Å². The molecule has 4 rings (SSSR count). The highest BCUT2D eigenvalue weighted by atomic mass is 16.5. The molecule has 0 N–H and O–H groups in total. The van der Waals surface area contributed by atoms with Crippen molar-refractivity contribution < 1.29 is 23.9 Å². The first-order chi connectivity index (χ1) is 14.9. The first-order valence-electron chi connectivity index (χ1n) is 10.4. The van der Waals surface area contributed by atoms with Gasteiger partial charge in [0.05, 0.1) is 23.2 Å². The Labute approximate surface area is 180 Å². The van der Waals surface area contributed by atoms with E-state index < -0.39 is 17.8 Å². The van der Waals surface area contributed by atoms with Crippen LogP contribution < -0.4 is 0 Å². The number of carbonyl (C=O) groups excluding carboxylic acids is 4. The van der Waals surface area contributed by atoms with Crippen LogP contribution in [0, 0.1) is 5.92 Å². The molecule has 0 unspecified atom stereocenters. The summed E-state index contributed by atoms with van der Waals surface area (Å²) in [6.45, 7) is 3.26. The van der Waals surface area contributed by atoms with Crippen molar-refractivity contribution in [2.24, 2.45) is 5.92 Å². The Kier molecular flexibility index (Phi) is 5.84. The van der Waals surface area contributed by atoms with E-state index in [2.05, 4.69) is 6.92 Å². The summed E-state index contributed by atoms with van der Waals surface area (Å²) < 4.78 is 5.18. The van der Waals surface area contributed by atoms with Crippen molar-refractivity contribution in [3.63, 3.8) is 0 Å². The lowest BCUT2D eigenvalue weighted by Crippen LogP contribution is -2.41. The van der Waals surface area contributed by atoms with Crippen LogP contribution in [0.4, 0.5) is 0 Å². The molecule has 3 amide bonds. The average Bonchev–Trinajstić information content (AvgIpc) is 3.02. The molecule has 0 aromatic heterocycles. The number of carbonyl (C=O) groups is 4. The summed E-state index contributed by atoms with van der Waals surface area (Å²) in [6, 6.07) is 13.5. The van der Waals surface area contributed by atoms with E-state index >= 15 is 0 Å². The van der Waals surface area contributed by atoms with Crippen LogP contribution >= 0.6 is 0 Å². The van der Waals surface area contributed by atoms with Crippen LogP contribution in [-0.4, -0.2) is 53.2 Å². The van der Waals surface area contributed by atoms with Gasteiger partial charge in [-0.25, -0.2) is 4.79 Å². The number of piperidine rings is 1. The molecule has 1 atom stereocenters. The predicted octanol–water partition coefficient (Wildman–Crippen LogP) is 2.90. The van der Waals surface area contributed by atoms with E-state index in [0.717, 1.165) is 23.3 Å². The summed E-state index contributed by atoms with van der Waals surface area (Å²) in [4.78, 5) is 53.1. The molecular formula is C24H24N2O5. The Morgan fingerprint density at radius 3 is 2.52 bits per heavy atom. The average molecular weight is 420 g/mol. The molecule has 2 aliphatic heterocycles. The van der Waals surface area contributed by atoms with Crippen LogP contribution in [0.2, 0.25) is 0 Å². The highest BCUT2D eigenvalue weighted by molar-refractivity contribution is 6.21. The largest absolute Gasteiger partial charge is 0.452 e. The molecule has 160 valence electrons. The second kappa shape index (κ2) is 8.71. The normalized spacial score (nSPS) is 18.2. The van der Waals surface area contributed by atoms with Gasteiger partial charge in [-0.1, -0.05) is 37.3 Å². The fraction of sp³-hybridized carbons (Fsp3) is 0.333. The van der Waals surface area contributed by atoms with Crippen LogP contribution in [0.25, 0.3) is 0 Å². The number of likely N-dealkylation sites (tertiary alicyclic amines) is 1. The molecule has 0 radical (unpaired) electrons. The molecule has 1 saturated heterocycles. The molecule has 7 nitrogen and oxygen atoms in total. The monoisotopic (exact) mass is 420 g/mol. The molecule has 2 heterocycles. The van der Waals surface area contributed by atoms with Crippen LogP contribution in [0.5, 0.6) is 0 Å². The van der Waals surface area contributed by atoms with Gasteiger partial charge in [-0.05, 0) is 42.5 Å². The third-order valence-corrected chi connectivity index (χ3v) is 5.73. The number of fused-ring (bicyclic) bond motifs is 1. The van der Waals surface area contributed by atoms with Crippen molar-refractivity contribution in [3.05, 3.63) is 70.8 Å². The standard InChI is InChI=1S/C24H24N2O5/c1-16-6-5-11-25(13-16)21(27)15-31-24(30)18-9-10-19-20(12-18)23(29)26(22(19)28)14-17-7-3-2-4-8-17/h2-4,7-10,12,16H,5-6,11,13-15H2,1H3/t16-/m0/s1. The van der Waals surface area contributed by atoms with Crippen molar-refractivity contribution in [3.8, 4) is 0 Å². The zero-order valence-electron chi connectivity index (χ0n) is 17.4. The zero-order valence-corrected chi connectivity index (χ0v) is 17.4. The number of amides is 3. The lowest BCUT2D eigenvalue weighted by atomic mass is 10.0. The number of rotatable bonds is 5. The number of hydrogen-bond acceptors (Lipinski definition) is 5. The minimum Gasteiger partial charge on any atom is -0.452 e. The van der Waals surface area contributed by atoms with Crippen molar-refractivity contribution >= 4 is 23.7 Å². The van der Waals surface area contributed by atoms with E-state index in [-0.39, 0.29) is 35.7 Å². The van der Waals surface area contributed by atoms with E-state index in [0.29, 0.717) is 19.0 Å². The maximum Gasteiger partial charge on any atom is 0.338 e. The smallest absolute Gasteiger partial charge is 0.338 e. The number of esters is 1. The van der Waals surface area contributed by atoms with Crippen LogP contribution in [0.3, 0.4) is 0 Å². The molecule has 2 aromatic carbocycles. The van der Waals surface area contributed by atoms with Gasteiger partial charge in [0, 0.05) is 13.1 Å². The van der Waals surface area contributed by atoms with Crippen molar-refractivity contribution in [2.45, 2.75) is 26.3 Å². The molecule has 7 heteroatoms. The summed E-state index contributed by atoms with van der Waals surface area (Å²) in [5.74, 6) is -1.31. The van der Waals surface area contributed by atoms with Crippen molar-refractivity contribution in [1.82, 2.24) is 9.80 Å². The lowest BCUT2D eigenvalue weighted by Gasteiger charge is -2.30. The van der Waals surface area contributed by atoms with Gasteiger partial charge < -0.3 is 9.64 Å². The predicted molar refractivity (Wildman–Crippen MR) is 112 cm³/mol. The lowest BCUT2D eigenvalue weighted by molar-refractivity contribution is -0.136. The first-order valence-corrected chi connectivity index (χ1v) is 10.4. The fourth-order valence-electron chi connectivity index (χ4n) is 4.05. The van der Waals surface area contributed by atoms with Crippen LogP contribution in [0.15, 0.2) is 48.5 Å². The van der Waals surface area contributed by atoms with Gasteiger partial charge in [-0.15, -0.1) is 0 Å². The second-order valence-corrected chi connectivity index (χ2v) is 8.11. The third-order valence-electron chi connectivity index (χ3n) is 5.73. The van der Waals surface area contributed by atoms with Gasteiger partial charge in [-0.3, -0.25) is 19.3 Å². The SMILES string of the molecule is C[C@H]1CCCN(C(=O)COC(=O)c2ccc3c(c2)C(=O)N(Cc2ccccc2)C3=O)C1. The maximum atomic E-state index is 12.8. The second-order valence-electron chi connectivity index (χ2n) is 8.11. The highest BCUT2D eigenvalue weighted by Crippen LogP contribution is 2.26. The molecule has 2 aromatic rings. The summed E-state index contributed by atoms with van der Waals surface area (Å²) in [5.41, 5.74) is 1.41. The van der Waals surface area contributed by atoms with Gasteiger partial charge in [0.25, 0.3) is 17.7 Å². The molecule has 31 heavy (non-hydrogen) atoms. The van der Waals surface area contributed by atoms with E-state index in [1.807, 2.05) is 30.3 Å². The Morgan fingerprint density at radius 1 is 1.03 bits per heavy atom. The molecule has 0 spiro atoms. The van der Waals surface area contributed by atoms with Crippen molar-refractivity contribution in [1.29, 1.82) is 0 Å². The Morgan fingerprint density at radius 2 is 1.77 bits per heavy atom. The third kappa shape index (κ3) is 4.35. The fourth-order valence-corrected chi connectivity index (χ4v) is 4.05. The molecular weight excluding hydrogens is 396 g/mol. The van der Waals surface area contributed by atoms with Crippen LogP contribution in [0.1, 0.15) is 56.4 Å². The zero-order chi connectivity index (χ0) is 22.0.